The van der Waals surface area contributed by atoms with E-state index in [9.17, 15) is 19.8 Å². The fourth-order valence-corrected chi connectivity index (χ4v) is 6.14. The molecule has 2 unspecified atom stereocenters. The fourth-order valence-electron chi connectivity index (χ4n) is 4.56. The average molecular weight is 512 g/mol. The zero-order valence-corrected chi connectivity index (χ0v) is 21.3. The SMILES string of the molecule is CC(SC(c1ccccc1)(c1ccccc1)c1ccccc1)C(=O)c1cc(O)ccc1CC(N)C(=O)O. The highest BCUT2D eigenvalue weighted by atomic mass is 32.2. The summed E-state index contributed by atoms with van der Waals surface area (Å²) in [7, 11) is 0. The number of phenolic OH excluding ortho intramolecular Hbond substituents is 1. The maximum atomic E-state index is 13.9. The maximum absolute atomic E-state index is 13.9. The third kappa shape index (κ3) is 5.61. The van der Waals surface area contributed by atoms with E-state index in [1.54, 1.807) is 6.07 Å². The van der Waals surface area contributed by atoms with Crippen LogP contribution in [-0.4, -0.2) is 33.3 Å². The Morgan fingerprint density at radius 1 is 0.811 bits per heavy atom. The van der Waals surface area contributed by atoms with E-state index in [4.69, 9.17) is 5.73 Å². The van der Waals surface area contributed by atoms with Gasteiger partial charge in [0.05, 0.1) is 10.00 Å². The lowest BCUT2D eigenvalue weighted by Crippen LogP contribution is -2.33. The first kappa shape index (κ1) is 26.2. The highest BCUT2D eigenvalue weighted by Crippen LogP contribution is 2.50. The molecule has 4 aromatic rings. The summed E-state index contributed by atoms with van der Waals surface area (Å²) >= 11 is 1.52. The molecule has 4 aromatic carbocycles. The second kappa shape index (κ2) is 11.5. The number of hydrogen-bond donors (Lipinski definition) is 3. The van der Waals surface area contributed by atoms with E-state index < -0.39 is 22.0 Å². The monoisotopic (exact) mass is 511 g/mol. The predicted molar refractivity (Wildman–Crippen MR) is 148 cm³/mol. The standard InChI is InChI=1S/C31H29NO4S/c1-21(29(34)27-20-26(33)18-17-22(27)19-28(32)30(35)36)37-31(23-11-5-2-6-12-23,24-13-7-3-8-14-24)25-15-9-4-10-16-25/h2-18,20-21,28,33H,19,32H2,1H3,(H,35,36). The van der Waals surface area contributed by atoms with Crippen molar-refractivity contribution in [1.29, 1.82) is 0 Å². The van der Waals surface area contributed by atoms with Crippen molar-refractivity contribution in [1.82, 2.24) is 0 Å². The van der Waals surface area contributed by atoms with Crippen molar-refractivity contribution in [2.24, 2.45) is 5.73 Å². The maximum Gasteiger partial charge on any atom is 0.320 e. The zero-order valence-electron chi connectivity index (χ0n) is 20.5. The van der Waals surface area contributed by atoms with E-state index in [0.29, 0.717) is 5.56 Å². The molecular formula is C31H29NO4S. The third-order valence-electron chi connectivity index (χ3n) is 6.38. The van der Waals surface area contributed by atoms with Gasteiger partial charge in [-0.2, -0.15) is 0 Å². The summed E-state index contributed by atoms with van der Waals surface area (Å²) in [4.78, 5) is 25.3. The van der Waals surface area contributed by atoms with Crippen molar-refractivity contribution in [2.75, 3.05) is 0 Å². The number of ketones is 1. The number of rotatable bonds is 10. The second-order valence-electron chi connectivity index (χ2n) is 8.89. The number of nitrogens with two attached hydrogens (primary N) is 1. The molecule has 0 heterocycles. The lowest BCUT2D eigenvalue weighted by Gasteiger charge is -2.37. The molecule has 0 aliphatic carbocycles. The van der Waals surface area contributed by atoms with Crippen LogP contribution in [0, 0.1) is 0 Å². The number of carbonyl (C=O) groups is 2. The van der Waals surface area contributed by atoms with Gasteiger partial charge < -0.3 is 15.9 Å². The van der Waals surface area contributed by atoms with Crippen LogP contribution >= 0.6 is 11.8 Å². The number of phenols is 1. The molecule has 0 radical (unpaired) electrons. The molecule has 37 heavy (non-hydrogen) atoms. The quantitative estimate of drug-likeness (QED) is 0.188. The van der Waals surface area contributed by atoms with Crippen LogP contribution in [0.3, 0.4) is 0 Å². The Bertz CT molecular complexity index is 1260. The molecule has 6 heteroatoms. The summed E-state index contributed by atoms with van der Waals surface area (Å²) in [6.45, 7) is 1.85. The smallest absolute Gasteiger partial charge is 0.320 e. The Hall–Kier alpha value is -3.87. The Labute approximate surface area is 221 Å². The zero-order chi connectivity index (χ0) is 26.4. The van der Waals surface area contributed by atoms with Crippen LogP contribution in [0.25, 0.3) is 0 Å². The van der Waals surface area contributed by atoms with Gasteiger partial charge in [-0.05, 0) is 47.7 Å². The van der Waals surface area contributed by atoms with Crippen LogP contribution in [0.1, 0.15) is 39.5 Å². The summed E-state index contributed by atoms with van der Waals surface area (Å²) < 4.78 is -0.701. The van der Waals surface area contributed by atoms with Crippen LogP contribution in [0.5, 0.6) is 5.75 Å². The van der Waals surface area contributed by atoms with Crippen LogP contribution in [0.4, 0.5) is 0 Å². The van der Waals surface area contributed by atoms with Gasteiger partial charge in [0.15, 0.2) is 5.78 Å². The Morgan fingerprint density at radius 2 is 1.27 bits per heavy atom. The highest BCUT2D eigenvalue weighted by molar-refractivity contribution is 8.02. The summed E-state index contributed by atoms with van der Waals surface area (Å²) in [5, 5.41) is 18.9. The lowest BCUT2D eigenvalue weighted by atomic mass is 9.84. The molecule has 188 valence electrons. The Morgan fingerprint density at radius 3 is 1.70 bits per heavy atom. The molecule has 4 rings (SSSR count). The van der Waals surface area contributed by atoms with Crippen molar-refractivity contribution in [3.8, 4) is 5.75 Å². The van der Waals surface area contributed by atoms with Gasteiger partial charge in [-0.3, -0.25) is 9.59 Å². The van der Waals surface area contributed by atoms with Crippen molar-refractivity contribution in [3.63, 3.8) is 0 Å². The van der Waals surface area contributed by atoms with Crippen LogP contribution in [0.2, 0.25) is 0 Å². The number of carbonyl (C=O) groups excluding carboxylic acids is 1. The molecule has 0 saturated carbocycles. The van der Waals surface area contributed by atoms with E-state index in [1.165, 1.54) is 23.9 Å². The van der Waals surface area contributed by atoms with E-state index >= 15 is 0 Å². The molecule has 0 spiro atoms. The van der Waals surface area contributed by atoms with Crippen LogP contribution in [0.15, 0.2) is 109 Å². The minimum atomic E-state index is -1.16. The number of carboxylic acid groups (broad SMARTS) is 1. The highest BCUT2D eigenvalue weighted by Gasteiger charge is 2.40. The summed E-state index contributed by atoms with van der Waals surface area (Å²) in [6.07, 6.45) is -0.0186. The van der Waals surface area contributed by atoms with Gasteiger partial charge in [-0.1, -0.05) is 97.1 Å². The van der Waals surface area contributed by atoms with Gasteiger partial charge in [0.2, 0.25) is 0 Å². The topological polar surface area (TPSA) is 101 Å². The molecule has 5 nitrogen and oxygen atoms in total. The van der Waals surface area contributed by atoms with Gasteiger partial charge in [0, 0.05) is 5.56 Å². The fraction of sp³-hybridized carbons (Fsp3) is 0.161. The van der Waals surface area contributed by atoms with Crippen molar-refractivity contribution < 1.29 is 19.8 Å². The minimum absolute atomic E-state index is 0.0186. The largest absolute Gasteiger partial charge is 0.508 e. The van der Waals surface area contributed by atoms with E-state index in [2.05, 4.69) is 36.4 Å². The van der Waals surface area contributed by atoms with Gasteiger partial charge >= 0.3 is 5.97 Å². The molecule has 0 bridgehead atoms. The number of Topliss-reactive ketones (excluding diaryl/α,β-unsaturated/α-hetero) is 1. The summed E-state index contributed by atoms with van der Waals surface area (Å²) in [5.41, 5.74) is 9.64. The Kier molecular flexibility index (Phi) is 8.11. The molecular weight excluding hydrogens is 482 g/mol. The number of benzene rings is 4. The summed E-state index contributed by atoms with van der Waals surface area (Å²) in [6, 6.07) is 33.5. The average Bonchev–Trinajstić information content (AvgIpc) is 2.93. The van der Waals surface area contributed by atoms with Gasteiger partial charge in [0.25, 0.3) is 0 Å². The van der Waals surface area contributed by atoms with Crippen LogP contribution < -0.4 is 5.73 Å². The van der Waals surface area contributed by atoms with Crippen molar-refractivity contribution in [2.45, 2.75) is 29.4 Å². The van der Waals surface area contributed by atoms with E-state index in [1.807, 2.05) is 61.5 Å². The van der Waals surface area contributed by atoms with E-state index in [-0.39, 0.29) is 23.5 Å². The molecule has 2 atom stereocenters. The minimum Gasteiger partial charge on any atom is -0.508 e. The number of hydrogen-bond acceptors (Lipinski definition) is 5. The van der Waals surface area contributed by atoms with E-state index in [0.717, 1.165) is 16.7 Å². The number of aromatic hydroxyl groups is 1. The third-order valence-corrected chi connectivity index (χ3v) is 8.01. The first-order chi connectivity index (χ1) is 17.8. The van der Waals surface area contributed by atoms with Crippen molar-refractivity contribution in [3.05, 3.63) is 137 Å². The molecule has 4 N–H and O–H groups in total. The number of carboxylic acids is 1. The number of thioether (sulfide) groups is 1. The second-order valence-corrected chi connectivity index (χ2v) is 10.4. The molecule has 0 aromatic heterocycles. The summed E-state index contributed by atoms with van der Waals surface area (Å²) in [5.74, 6) is -1.42. The van der Waals surface area contributed by atoms with Crippen LogP contribution in [-0.2, 0) is 16.0 Å². The van der Waals surface area contributed by atoms with Gasteiger partial charge in [-0.25, -0.2) is 0 Å². The van der Waals surface area contributed by atoms with Gasteiger partial charge in [0.1, 0.15) is 11.8 Å². The Balaban J connectivity index is 1.83. The van der Waals surface area contributed by atoms with Crippen molar-refractivity contribution >= 4 is 23.5 Å². The molecule has 0 fully saturated rings. The number of aliphatic carboxylic acids is 1. The molecule has 0 amide bonds. The molecule has 0 aliphatic heterocycles. The molecule has 0 aliphatic rings. The molecule has 0 saturated heterocycles. The first-order valence-corrected chi connectivity index (χ1v) is 12.9. The predicted octanol–water partition coefficient (Wildman–Crippen LogP) is 5.64. The van der Waals surface area contributed by atoms with Gasteiger partial charge in [-0.15, -0.1) is 11.8 Å². The first-order valence-electron chi connectivity index (χ1n) is 12.0. The lowest BCUT2D eigenvalue weighted by molar-refractivity contribution is -0.138. The normalized spacial score (nSPS) is 13.0.